The highest BCUT2D eigenvalue weighted by Gasteiger charge is 2.44. The van der Waals surface area contributed by atoms with Gasteiger partial charge in [0.15, 0.2) is 0 Å². The second kappa shape index (κ2) is 5.07. The second-order valence-corrected chi connectivity index (χ2v) is 4.92. The first-order chi connectivity index (χ1) is 10.6. The number of halogens is 1. The first-order valence-corrected chi connectivity index (χ1v) is 6.51. The highest BCUT2D eigenvalue weighted by molar-refractivity contribution is 6.22. The van der Waals surface area contributed by atoms with Gasteiger partial charge in [-0.25, -0.2) is 14.0 Å². The van der Waals surface area contributed by atoms with Crippen LogP contribution in [0.1, 0.15) is 33.6 Å². The summed E-state index contributed by atoms with van der Waals surface area (Å²) in [6.45, 7) is 0. The van der Waals surface area contributed by atoms with Crippen molar-refractivity contribution < 1.29 is 23.6 Å². The molecule has 1 saturated heterocycles. The Morgan fingerprint density at radius 2 is 1.95 bits per heavy atom. The average molecular weight is 300 g/mol. The fourth-order valence-corrected chi connectivity index (χ4v) is 2.71. The lowest BCUT2D eigenvalue weighted by molar-refractivity contribution is 0.0592. The lowest BCUT2D eigenvalue weighted by Gasteiger charge is -2.30. The lowest BCUT2D eigenvalue weighted by Crippen LogP contribution is -2.46. The van der Waals surface area contributed by atoms with Gasteiger partial charge in [-0.05, 0) is 18.6 Å². The average Bonchev–Trinajstić information content (AvgIpc) is 2.79. The van der Waals surface area contributed by atoms with Crippen LogP contribution in [0.15, 0.2) is 29.6 Å². The molecule has 0 aliphatic carbocycles. The Balaban J connectivity index is 2.03. The third-order valence-corrected chi connectivity index (χ3v) is 3.73. The number of carbonyl (C=O) groups is 2. The Morgan fingerprint density at radius 3 is 2.59 bits per heavy atom. The molecule has 110 valence electrons. The monoisotopic (exact) mass is 300 g/mol. The van der Waals surface area contributed by atoms with E-state index in [2.05, 4.69) is 5.32 Å². The fourth-order valence-electron chi connectivity index (χ4n) is 2.71. The third-order valence-electron chi connectivity index (χ3n) is 3.73. The first-order valence-electron chi connectivity index (χ1n) is 6.51. The Labute approximate surface area is 123 Å². The Kier molecular flexibility index (Phi) is 3.22. The number of carbonyl (C=O) groups excluding carboxylic acids is 4. The van der Waals surface area contributed by atoms with Crippen molar-refractivity contribution in [1.82, 2.24) is 10.2 Å². The molecule has 1 atom stereocenters. The van der Waals surface area contributed by atoms with Gasteiger partial charge < -0.3 is 5.32 Å². The molecule has 2 aliphatic heterocycles. The van der Waals surface area contributed by atoms with Crippen LogP contribution in [-0.2, 0) is 9.59 Å². The summed E-state index contributed by atoms with van der Waals surface area (Å²) >= 11 is 0. The van der Waals surface area contributed by atoms with E-state index in [-0.39, 0.29) is 35.4 Å². The number of benzene rings is 1. The molecule has 2 amide bonds. The molecule has 0 aromatic heterocycles. The van der Waals surface area contributed by atoms with Crippen molar-refractivity contribution in [2.75, 3.05) is 0 Å². The van der Waals surface area contributed by atoms with Crippen molar-refractivity contribution in [3.8, 4) is 0 Å². The number of fused-ring (bicyclic) bond motifs is 1. The molecule has 3 rings (SSSR count). The van der Waals surface area contributed by atoms with Crippen LogP contribution in [-0.4, -0.2) is 34.6 Å². The first kappa shape index (κ1) is 13.9. The Hall–Kier alpha value is -3.01. The van der Waals surface area contributed by atoms with Crippen molar-refractivity contribution in [3.63, 3.8) is 0 Å². The lowest BCUT2D eigenvalue weighted by atomic mass is 10.0. The number of hydrogen-bond donors (Lipinski definition) is 1. The molecule has 6 nitrogen and oxygen atoms in total. The minimum absolute atomic E-state index is 0.0352. The van der Waals surface area contributed by atoms with Gasteiger partial charge in [0.05, 0.1) is 17.2 Å². The standard InChI is InChI=1S/C15H9FN2O4/c16-10-3-1-2-9-13(10)15(22)18(14(9)21)12-5-4-8(6-19)17-11(12)7-20/h1-3,12,17H,4-5H2. The molecule has 0 saturated carbocycles. The summed E-state index contributed by atoms with van der Waals surface area (Å²) < 4.78 is 13.8. The molecular weight excluding hydrogens is 291 g/mol. The van der Waals surface area contributed by atoms with Crippen LogP contribution >= 0.6 is 0 Å². The van der Waals surface area contributed by atoms with Crippen LogP contribution in [0.5, 0.6) is 0 Å². The van der Waals surface area contributed by atoms with Crippen LogP contribution in [0, 0.1) is 5.82 Å². The van der Waals surface area contributed by atoms with Gasteiger partial charge in [-0.1, -0.05) is 6.07 Å². The van der Waals surface area contributed by atoms with Crippen molar-refractivity contribution in [1.29, 1.82) is 0 Å². The maximum atomic E-state index is 13.8. The van der Waals surface area contributed by atoms with Crippen molar-refractivity contribution in [3.05, 3.63) is 46.5 Å². The highest BCUT2D eigenvalue weighted by Crippen LogP contribution is 2.31. The van der Waals surface area contributed by atoms with E-state index in [1.54, 1.807) is 11.9 Å². The molecule has 1 aromatic carbocycles. The number of amides is 2. The summed E-state index contributed by atoms with van der Waals surface area (Å²) in [6.07, 6.45) is 0.393. The Bertz CT molecular complexity index is 804. The van der Waals surface area contributed by atoms with E-state index in [4.69, 9.17) is 0 Å². The number of piperidine rings is 1. The molecule has 1 aromatic rings. The van der Waals surface area contributed by atoms with Crippen LogP contribution in [0.25, 0.3) is 0 Å². The predicted octanol–water partition coefficient (Wildman–Crippen LogP) is 0.605. The molecule has 1 N–H and O–H groups in total. The van der Waals surface area contributed by atoms with Gasteiger partial charge in [-0.15, -0.1) is 0 Å². The van der Waals surface area contributed by atoms with Crippen molar-refractivity contribution in [2.45, 2.75) is 18.9 Å². The zero-order valence-electron chi connectivity index (χ0n) is 11.2. The minimum Gasteiger partial charge on any atom is -0.342 e. The van der Waals surface area contributed by atoms with Gasteiger partial charge in [-0.3, -0.25) is 14.5 Å². The smallest absolute Gasteiger partial charge is 0.265 e. The fraction of sp³-hybridized carbons (Fsp3) is 0.200. The topological polar surface area (TPSA) is 83.6 Å². The third kappa shape index (κ3) is 1.89. The van der Waals surface area contributed by atoms with Crippen LogP contribution in [0.3, 0.4) is 0 Å². The maximum Gasteiger partial charge on any atom is 0.265 e. The van der Waals surface area contributed by atoms with E-state index in [0.717, 1.165) is 11.0 Å². The van der Waals surface area contributed by atoms with Crippen LogP contribution in [0.4, 0.5) is 4.39 Å². The number of hydrogen-bond acceptors (Lipinski definition) is 5. The molecule has 2 heterocycles. The molecule has 0 radical (unpaired) electrons. The zero-order chi connectivity index (χ0) is 15.9. The highest BCUT2D eigenvalue weighted by atomic mass is 19.1. The summed E-state index contributed by atoms with van der Waals surface area (Å²) in [4.78, 5) is 47.2. The van der Waals surface area contributed by atoms with Gasteiger partial charge in [0.1, 0.15) is 29.1 Å². The summed E-state index contributed by atoms with van der Waals surface area (Å²) in [5.41, 5.74) is -0.293. The Morgan fingerprint density at radius 1 is 1.18 bits per heavy atom. The van der Waals surface area contributed by atoms with Gasteiger partial charge in [-0.2, -0.15) is 0 Å². The molecule has 1 unspecified atom stereocenters. The number of allylic oxidation sites excluding steroid dienone is 1. The van der Waals surface area contributed by atoms with Gasteiger partial charge in [0.2, 0.25) is 0 Å². The van der Waals surface area contributed by atoms with Gasteiger partial charge >= 0.3 is 0 Å². The number of imide groups is 1. The van der Waals surface area contributed by atoms with E-state index < -0.39 is 23.7 Å². The summed E-state index contributed by atoms with van der Waals surface area (Å²) in [5, 5.41) is 2.51. The molecule has 7 heteroatoms. The molecule has 2 aliphatic rings. The maximum absolute atomic E-state index is 13.8. The van der Waals surface area contributed by atoms with Crippen molar-refractivity contribution in [2.24, 2.45) is 0 Å². The summed E-state index contributed by atoms with van der Waals surface area (Å²) in [5.74, 6) is 0.980. The van der Waals surface area contributed by atoms with Gasteiger partial charge in [0.25, 0.3) is 11.8 Å². The number of nitrogens with zero attached hydrogens (tertiary/aromatic N) is 1. The zero-order valence-corrected chi connectivity index (χ0v) is 11.2. The molecule has 22 heavy (non-hydrogen) atoms. The van der Waals surface area contributed by atoms with E-state index in [0.29, 0.717) is 0 Å². The SMILES string of the molecule is O=C=C1CCC(N2C(=O)c3cccc(F)c3C2=O)C(=C=O)N1. The van der Waals surface area contributed by atoms with E-state index in [9.17, 15) is 23.6 Å². The van der Waals surface area contributed by atoms with Crippen molar-refractivity contribution >= 4 is 23.7 Å². The number of rotatable bonds is 1. The van der Waals surface area contributed by atoms with Crippen LogP contribution in [0.2, 0.25) is 0 Å². The molecule has 0 spiro atoms. The summed E-state index contributed by atoms with van der Waals surface area (Å²) in [7, 11) is 0. The quantitative estimate of drug-likeness (QED) is 0.606. The molecule has 0 bridgehead atoms. The van der Waals surface area contributed by atoms with Gasteiger partial charge in [0, 0.05) is 6.42 Å². The van der Waals surface area contributed by atoms with E-state index in [1.165, 1.54) is 12.1 Å². The van der Waals surface area contributed by atoms with E-state index >= 15 is 0 Å². The van der Waals surface area contributed by atoms with Crippen LogP contribution < -0.4 is 5.32 Å². The largest absolute Gasteiger partial charge is 0.342 e. The predicted molar refractivity (Wildman–Crippen MR) is 71.5 cm³/mol. The number of nitrogens with one attached hydrogen (secondary N) is 1. The second-order valence-electron chi connectivity index (χ2n) is 4.92. The summed E-state index contributed by atoms with van der Waals surface area (Å²) in [6, 6.07) is 2.89. The molecule has 1 fully saturated rings. The minimum atomic E-state index is -0.901. The molecular formula is C15H9FN2O4. The van der Waals surface area contributed by atoms with E-state index in [1.807, 2.05) is 0 Å². The normalized spacial score (nSPS) is 20.4.